The molecule has 0 fully saturated rings. The molecule has 7 heteroatoms. The van der Waals surface area contributed by atoms with Gasteiger partial charge in [-0.1, -0.05) is 11.6 Å². The highest BCUT2D eigenvalue weighted by molar-refractivity contribution is 6.33. The van der Waals surface area contributed by atoms with Gasteiger partial charge < -0.3 is 0 Å². The van der Waals surface area contributed by atoms with E-state index in [1.165, 1.54) is 0 Å². The third kappa shape index (κ3) is 1.11. The smallest absolute Gasteiger partial charge is 0.212 e. The lowest BCUT2D eigenvalue weighted by atomic mass is 10.8. The van der Waals surface area contributed by atoms with E-state index in [2.05, 4.69) is 15.1 Å². The van der Waals surface area contributed by atoms with Crippen LogP contribution in [0.4, 0.5) is 4.39 Å². The fourth-order valence-corrected chi connectivity index (χ4v) is 1.22. The summed E-state index contributed by atoms with van der Waals surface area (Å²) in [5, 5.41) is 3.62. The second kappa shape index (κ2) is 2.53. The van der Waals surface area contributed by atoms with Gasteiger partial charge in [0.25, 0.3) is 0 Å². The summed E-state index contributed by atoms with van der Waals surface area (Å²) in [5.74, 6) is -0.673. The van der Waals surface area contributed by atoms with Crippen LogP contribution in [0.5, 0.6) is 0 Å². The molecule has 2 rings (SSSR count). The molecule has 12 heavy (non-hydrogen) atoms. The van der Waals surface area contributed by atoms with Gasteiger partial charge in [0, 0.05) is 0 Å². The monoisotopic (exact) mass is 206 g/mol. The van der Waals surface area contributed by atoms with Gasteiger partial charge in [0.05, 0.1) is 6.20 Å². The van der Waals surface area contributed by atoms with Crippen LogP contribution in [-0.2, 0) is 0 Å². The molecule has 0 amide bonds. The second-order valence-electron chi connectivity index (χ2n) is 2.00. The van der Waals surface area contributed by atoms with Crippen LogP contribution < -0.4 is 0 Å². The molecular weight excluding hydrogens is 206 g/mol. The quantitative estimate of drug-likeness (QED) is 0.658. The van der Waals surface area contributed by atoms with E-state index >= 15 is 0 Å². The Bertz CT molecular complexity index is 440. The van der Waals surface area contributed by atoms with E-state index < -0.39 is 5.95 Å². The number of hydrogen-bond acceptors (Lipinski definition) is 3. The van der Waals surface area contributed by atoms with Crippen LogP contribution in [0.25, 0.3) is 5.65 Å². The van der Waals surface area contributed by atoms with Gasteiger partial charge in [-0.15, -0.1) is 5.10 Å². The summed E-state index contributed by atoms with van der Waals surface area (Å²) in [6.45, 7) is 0. The van der Waals surface area contributed by atoms with Crippen LogP contribution in [0.1, 0.15) is 0 Å². The van der Waals surface area contributed by atoms with Gasteiger partial charge >= 0.3 is 0 Å². The Hall–Kier alpha value is -0.940. The molecule has 0 bridgehead atoms. The Labute approximate surface area is 75.9 Å². The van der Waals surface area contributed by atoms with Crippen molar-refractivity contribution in [2.45, 2.75) is 0 Å². The molecule has 0 saturated carbocycles. The Morgan fingerprint density at radius 3 is 2.83 bits per heavy atom. The van der Waals surface area contributed by atoms with Crippen LogP contribution in [0.2, 0.25) is 10.4 Å². The van der Waals surface area contributed by atoms with Crippen molar-refractivity contribution in [3.05, 3.63) is 22.6 Å². The molecule has 62 valence electrons. The maximum atomic E-state index is 12.5. The summed E-state index contributed by atoms with van der Waals surface area (Å²) < 4.78 is 13.7. The number of rotatable bonds is 0. The first-order valence-electron chi connectivity index (χ1n) is 2.91. The van der Waals surface area contributed by atoms with Crippen molar-refractivity contribution >= 4 is 28.8 Å². The Balaban J connectivity index is 2.88. The minimum Gasteiger partial charge on any atom is -0.212 e. The number of fused-ring (bicyclic) bond motifs is 1. The van der Waals surface area contributed by atoms with Crippen molar-refractivity contribution in [3.63, 3.8) is 0 Å². The minimum atomic E-state index is -0.673. The fraction of sp³-hybridized carbons (Fsp3) is 0. The van der Waals surface area contributed by atoms with Crippen molar-refractivity contribution in [1.82, 2.24) is 19.6 Å². The first-order valence-corrected chi connectivity index (χ1v) is 3.66. The minimum absolute atomic E-state index is 0.0268. The van der Waals surface area contributed by atoms with E-state index in [-0.39, 0.29) is 16.1 Å². The molecule has 0 unspecified atom stereocenters. The molecule has 0 aliphatic carbocycles. The van der Waals surface area contributed by atoms with Gasteiger partial charge in [-0.25, -0.2) is 9.50 Å². The fourth-order valence-electron chi connectivity index (χ4n) is 0.802. The van der Waals surface area contributed by atoms with Gasteiger partial charge in [0.2, 0.25) is 11.2 Å². The molecule has 0 atom stereocenters. The number of hydrogen-bond donors (Lipinski definition) is 0. The highest BCUT2D eigenvalue weighted by atomic mass is 35.5. The van der Waals surface area contributed by atoms with E-state index in [0.29, 0.717) is 0 Å². The normalized spacial score (nSPS) is 10.9. The lowest BCUT2D eigenvalue weighted by Crippen LogP contribution is -1.94. The third-order valence-electron chi connectivity index (χ3n) is 1.22. The summed E-state index contributed by atoms with van der Waals surface area (Å²) in [4.78, 5) is 7.02. The SMILES string of the molecule is Fc1cn2nc(Cl)nc(Cl)c2n1. The summed E-state index contributed by atoms with van der Waals surface area (Å²) in [6.07, 6.45) is 1.06. The molecular formula is C5HCl2FN4. The first kappa shape index (κ1) is 7.70. The molecule has 2 heterocycles. The zero-order valence-electron chi connectivity index (χ0n) is 5.50. The van der Waals surface area contributed by atoms with Crippen molar-refractivity contribution in [2.24, 2.45) is 0 Å². The lowest BCUT2D eigenvalue weighted by Gasteiger charge is -1.93. The average molecular weight is 207 g/mol. The number of nitrogens with zero attached hydrogens (tertiary/aromatic N) is 4. The zero-order valence-corrected chi connectivity index (χ0v) is 7.01. The van der Waals surface area contributed by atoms with E-state index in [9.17, 15) is 4.39 Å². The standard InChI is InChI=1S/C5HCl2FN4/c6-3-4-9-2(8)1-12(4)11-5(7)10-3/h1H. The highest BCUT2D eigenvalue weighted by Crippen LogP contribution is 2.14. The Morgan fingerprint density at radius 1 is 1.33 bits per heavy atom. The molecule has 0 aliphatic heterocycles. The van der Waals surface area contributed by atoms with Gasteiger partial charge in [-0.3, -0.25) is 0 Å². The lowest BCUT2D eigenvalue weighted by molar-refractivity contribution is 0.591. The van der Waals surface area contributed by atoms with E-state index in [1.54, 1.807) is 0 Å². The van der Waals surface area contributed by atoms with E-state index in [1.807, 2.05) is 0 Å². The summed E-state index contributed by atoms with van der Waals surface area (Å²) in [6, 6.07) is 0. The molecule has 0 N–H and O–H groups in total. The summed E-state index contributed by atoms with van der Waals surface area (Å²) >= 11 is 11.0. The Kier molecular flexibility index (Phi) is 1.62. The molecule has 0 radical (unpaired) electrons. The maximum Gasteiger partial charge on any atom is 0.242 e. The van der Waals surface area contributed by atoms with Crippen LogP contribution in [0.15, 0.2) is 6.20 Å². The zero-order chi connectivity index (χ0) is 8.72. The van der Waals surface area contributed by atoms with Crippen LogP contribution in [0.3, 0.4) is 0 Å². The van der Waals surface area contributed by atoms with Gasteiger partial charge in [-0.05, 0) is 11.6 Å². The van der Waals surface area contributed by atoms with Crippen molar-refractivity contribution in [3.8, 4) is 0 Å². The predicted octanol–water partition coefficient (Wildman–Crippen LogP) is 1.57. The molecule has 0 aliphatic rings. The third-order valence-corrected chi connectivity index (χ3v) is 1.64. The second-order valence-corrected chi connectivity index (χ2v) is 2.70. The van der Waals surface area contributed by atoms with Gasteiger partial charge in [-0.2, -0.15) is 9.37 Å². The van der Waals surface area contributed by atoms with Crippen molar-refractivity contribution in [2.75, 3.05) is 0 Å². The topological polar surface area (TPSA) is 43.1 Å². The molecule has 2 aromatic heterocycles. The summed E-state index contributed by atoms with van der Waals surface area (Å²) in [5.41, 5.74) is 0.151. The van der Waals surface area contributed by atoms with Crippen LogP contribution in [0, 0.1) is 5.95 Å². The molecule has 0 saturated heterocycles. The summed E-state index contributed by atoms with van der Waals surface area (Å²) in [7, 11) is 0. The molecule has 4 nitrogen and oxygen atoms in total. The maximum absolute atomic E-state index is 12.5. The highest BCUT2D eigenvalue weighted by Gasteiger charge is 2.07. The predicted molar refractivity (Wildman–Crippen MR) is 40.8 cm³/mol. The van der Waals surface area contributed by atoms with E-state index in [4.69, 9.17) is 23.2 Å². The first-order chi connectivity index (χ1) is 5.66. The van der Waals surface area contributed by atoms with Crippen molar-refractivity contribution < 1.29 is 4.39 Å². The number of aromatic nitrogens is 4. The molecule has 0 aromatic carbocycles. The van der Waals surface area contributed by atoms with Crippen LogP contribution >= 0.6 is 23.2 Å². The van der Waals surface area contributed by atoms with Gasteiger partial charge in [0.15, 0.2) is 10.8 Å². The van der Waals surface area contributed by atoms with Crippen LogP contribution in [-0.4, -0.2) is 19.6 Å². The van der Waals surface area contributed by atoms with E-state index in [0.717, 1.165) is 10.7 Å². The Morgan fingerprint density at radius 2 is 2.08 bits per heavy atom. The number of imidazole rings is 1. The number of halogens is 3. The van der Waals surface area contributed by atoms with Crippen molar-refractivity contribution in [1.29, 1.82) is 0 Å². The molecule has 0 spiro atoms. The average Bonchev–Trinajstić information content (AvgIpc) is 2.29. The molecule has 2 aromatic rings. The van der Waals surface area contributed by atoms with Gasteiger partial charge in [0.1, 0.15) is 0 Å². The largest absolute Gasteiger partial charge is 0.242 e.